The van der Waals surface area contributed by atoms with E-state index < -0.39 is 0 Å². The van der Waals surface area contributed by atoms with Gasteiger partial charge in [0, 0.05) is 38.9 Å². The first-order valence-corrected chi connectivity index (χ1v) is 7.23. The van der Waals surface area contributed by atoms with Gasteiger partial charge in [-0.25, -0.2) is 0 Å². The Morgan fingerprint density at radius 1 is 1.37 bits per heavy atom. The van der Waals surface area contributed by atoms with Gasteiger partial charge in [0.25, 0.3) is 0 Å². The van der Waals surface area contributed by atoms with E-state index in [1.54, 1.807) is 0 Å². The molecule has 1 aromatic heterocycles. The number of rotatable bonds is 5. The highest BCUT2D eigenvalue weighted by molar-refractivity contribution is 5.11. The van der Waals surface area contributed by atoms with Gasteiger partial charge in [0.1, 0.15) is 0 Å². The molecule has 1 aromatic rings. The molecule has 108 valence electrons. The summed E-state index contributed by atoms with van der Waals surface area (Å²) in [5.41, 5.74) is 1.28. The molecule has 1 N–H and O–H groups in total. The number of aromatic nitrogens is 2. The summed E-state index contributed by atoms with van der Waals surface area (Å²) in [6.45, 7) is 6.64. The Morgan fingerprint density at radius 3 is 2.79 bits per heavy atom. The topological polar surface area (TPSA) is 36.3 Å². The average molecular weight is 265 g/mol. The van der Waals surface area contributed by atoms with Crippen molar-refractivity contribution in [3.05, 3.63) is 18.0 Å². The normalized spacial score (nSPS) is 23.7. The molecule has 0 saturated carbocycles. The maximum atomic E-state index is 4.33. The lowest BCUT2D eigenvalue weighted by Crippen LogP contribution is -2.55. The molecule has 5 heteroatoms. The second kappa shape index (κ2) is 6.50. The van der Waals surface area contributed by atoms with Crippen molar-refractivity contribution < 1.29 is 0 Å². The molecule has 1 saturated heterocycles. The van der Waals surface area contributed by atoms with Gasteiger partial charge < -0.3 is 10.2 Å². The Bertz CT molecular complexity index is 389. The lowest BCUT2D eigenvalue weighted by Gasteiger charge is -2.42. The fourth-order valence-electron chi connectivity index (χ4n) is 2.83. The van der Waals surface area contributed by atoms with Crippen molar-refractivity contribution >= 4 is 0 Å². The van der Waals surface area contributed by atoms with E-state index in [1.807, 2.05) is 17.9 Å². The Kier molecular flexibility index (Phi) is 4.96. The quantitative estimate of drug-likeness (QED) is 0.850. The molecular weight excluding hydrogens is 238 g/mol. The summed E-state index contributed by atoms with van der Waals surface area (Å²) >= 11 is 0. The van der Waals surface area contributed by atoms with Gasteiger partial charge in [-0.2, -0.15) is 5.10 Å². The van der Waals surface area contributed by atoms with Crippen molar-refractivity contribution in [3.8, 4) is 0 Å². The van der Waals surface area contributed by atoms with Crippen molar-refractivity contribution in [3.63, 3.8) is 0 Å². The molecule has 0 aliphatic carbocycles. The van der Waals surface area contributed by atoms with E-state index in [9.17, 15) is 0 Å². The number of nitrogens with one attached hydrogen (secondary N) is 1. The predicted octanol–water partition coefficient (Wildman–Crippen LogP) is 0.707. The average Bonchev–Trinajstić information content (AvgIpc) is 2.80. The van der Waals surface area contributed by atoms with Crippen LogP contribution in [0.1, 0.15) is 25.1 Å². The van der Waals surface area contributed by atoms with Crippen LogP contribution < -0.4 is 5.32 Å². The van der Waals surface area contributed by atoms with Gasteiger partial charge in [-0.3, -0.25) is 9.58 Å². The second-order valence-electron chi connectivity index (χ2n) is 5.62. The summed E-state index contributed by atoms with van der Waals surface area (Å²) < 4.78 is 2.00. The third-order valence-corrected chi connectivity index (χ3v) is 4.08. The molecule has 1 fully saturated rings. The largest absolute Gasteiger partial charge is 0.307 e. The second-order valence-corrected chi connectivity index (χ2v) is 5.62. The summed E-state index contributed by atoms with van der Waals surface area (Å²) in [7, 11) is 6.47. The monoisotopic (exact) mass is 265 g/mol. The fourth-order valence-corrected chi connectivity index (χ4v) is 2.83. The van der Waals surface area contributed by atoms with Crippen LogP contribution in [0.25, 0.3) is 0 Å². The van der Waals surface area contributed by atoms with Crippen molar-refractivity contribution in [1.82, 2.24) is 24.9 Å². The van der Waals surface area contributed by atoms with Crippen molar-refractivity contribution in [2.24, 2.45) is 7.05 Å². The first-order valence-electron chi connectivity index (χ1n) is 7.23. The minimum Gasteiger partial charge on any atom is -0.307 e. The summed E-state index contributed by atoms with van der Waals surface area (Å²) in [6, 6.07) is 2.98. The van der Waals surface area contributed by atoms with Gasteiger partial charge in [0.15, 0.2) is 0 Å². The van der Waals surface area contributed by atoms with Crippen LogP contribution in [0.3, 0.4) is 0 Å². The summed E-state index contributed by atoms with van der Waals surface area (Å²) in [6.07, 6.45) is 3.04. The molecule has 1 aliphatic heterocycles. The standard InChI is InChI=1S/C14H27N5/c1-5-7-15-14(12-6-8-16-19(12)4)13-11-17(2)9-10-18(13)3/h6,8,13-15H,5,7,9-11H2,1-4H3. The van der Waals surface area contributed by atoms with E-state index in [2.05, 4.69) is 47.3 Å². The van der Waals surface area contributed by atoms with Gasteiger partial charge >= 0.3 is 0 Å². The highest BCUT2D eigenvalue weighted by atomic mass is 15.3. The number of likely N-dealkylation sites (N-methyl/N-ethyl adjacent to an activating group) is 2. The van der Waals surface area contributed by atoms with Crippen LogP contribution in [0.5, 0.6) is 0 Å². The molecule has 0 spiro atoms. The third-order valence-electron chi connectivity index (χ3n) is 4.08. The van der Waals surface area contributed by atoms with Crippen molar-refractivity contribution in [2.45, 2.75) is 25.4 Å². The zero-order chi connectivity index (χ0) is 13.8. The van der Waals surface area contributed by atoms with Crippen LogP contribution in [-0.2, 0) is 7.05 Å². The minimum absolute atomic E-state index is 0.347. The number of piperazine rings is 1. The number of hydrogen-bond acceptors (Lipinski definition) is 4. The zero-order valence-corrected chi connectivity index (χ0v) is 12.6. The Morgan fingerprint density at radius 2 is 2.16 bits per heavy atom. The molecule has 2 unspecified atom stereocenters. The van der Waals surface area contributed by atoms with E-state index >= 15 is 0 Å². The molecule has 1 aliphatic rings. The Hall–Kier alpha value is -0.910. The number of aryl methyl sites for hydroxylation is 1. The number of hydrogen-bond donors (Lipinski definition) is 1. The van der Waals surface area contributed by atoms with Crippen molar-refractivity contribution in [2.75, 3.05) is 40.3 Å². The van der Waals surface area contributed by atoms with E-state index in [0.29, 0.717) is 12.1 Å². The maximum absolute atomic E-state index is 4.33. The molecule has 2 rings (SSSR count). The van der Waals surface area contributed by atoms with E-state index in [-0.39, 0.29) is 0 Å². The predicted molar refractivity (Wildman–Crippen MR) is 78.2 cm³/mol. The van der Waals surface area contributed by atoms with Crippen LogP contribution in [-0.4, -0.2) is 65.9 Å². The highest BCUT2D eigenvalue weighted by Gasteiger charge is 2.31. The van der Waals surface area contributed by atoms with Crippen LogP contribution in [0.2, 0.25) is 0 Å². The summed E-state index contributed by atoms with van der Waals surface area (Å²) in [5, 5.41) is 8.03. The molecule has 0 radical (unpaired) electrons. The van der Waals surface area contributed by atoms with Crippen LogP contribution >= 0.6 is 0 Å². The highest BCUT2D eigenvalue weighted by Crippen LogP contribution is 2.22. The third kappa shape index (κ3) is 3.35. The first-order chi connectivity index (χ1) is 9.13. The van der Waals surface area contributed by atoms with Crippen LogP contribution in [0.4, 0.5) is 0 Å². The summed E-state index contributed by atoms with van der Waals surface area (Å²) in [5.74, 6) is 0. The molecule has 19 heavy (non-hydrogen) atoms. The van der Waals surface area contributed by atoms with Gasteiger partial charge in [0.2, 0.25) is 0 Å². The molecule has 0 bridgehead atoms. The fraction of sp³-hybridized carbons (Fsp3) is 0.786. The number of nitrogens with zero attached hydrogens (tertiary/aromatic N) is 4. The van der Waals surface area contributed by atoms with Gasteiger partial charge in [-0.1, -0.05) is 6.92 Å². The summed E-state index contributed by atoms with van der Waals surface area (Å²) in [4.78, 5) is 4.89. The Labute approximate surface area is 116 Å². The minimum atomic E-state index is 0.347. The van der Waals surface area contributed by atoms with Crippen molar-refractivity contribution in [1.29, 1.82) is 0 Å². The molecular formula is C14H27N5. The molecule has 5 nitrogen and oxygen atoms in total. The lowest BCUT2D eigenvalue weighted by atomic mass is 10.0. The van der Waals surface area contributed by atoms with Gasteiger partial charge in [-0.05, 0) is 33.1 Å². The zero-order valence-electron chi connectivity index (χ0n) is 12.6. The molecule has 0 aromatic carbocycles. The molecule has 0 amide bonds. The van der Waals surface area contributed by atoms with Crippen LogP contribution in [0.15, 0.2) is 12.3 Å². The maximum Gasteiger partial charge on any atom is 0.0662 e. The Balaban J connectivity index is 2.19. The first kappa shape index (κ1) is 14.5. The molecule has 2 atom stereocenters. The SMILES string of the molecule is CCCNC(c1ccnn1C)C1CN(C)CCN1C. The van der Waals surface area contributed by atoms with E-state index in [0.717, 1.165) is 32.6 Å². The smallest absolute Gasteiger partial charge is 0.0662 e. The van der Waals surface area contributed by atoms with Gasteiger partial charge in [0.05, 0.1) is 11.7 Å². The van der Waals surface area contributed by atoms with Crippen LogP contribution in [0, 0.1) is 0 Å². The van der Waals surface area contributed by atoms with E-state index in [4.69, 9.17) is 0 Å². The molecule has 2 heterocycles. The van der Waals surface area contributed by atoms with E-state index in [1.165, 1.54) is 5.69 Å². The van der Waals surface area contributed by atoms with Gasteiger partial charge in [-0.15, -0.1) is 0 Å². The lowest BCUT2D eigenvalue weighted by molar-refractivity contribution is 0.0855.